The first-order chi connectivity index (χ1) is 13.8. The monoisotopic (exact) mass is 413 g/mol. The fourth-order valence-corrected chi connectivity index (χ4v) is 4.59. The smallest absolute Gasteiger partial charge is 0.246 e. The highest BCUT2D eigenvalue weighted by atomic mass is 32.2. The Balaban J connectivity index is 1.62. The summed E-state index contributed by atoms with van der Waals surface area (Å²) in [7, 11) is 1.06. The molecule has 3 aromatic rings. The second kappa shape index (κ2) is 7.20. The van der Waals surface area contributed by atoms with Gasteiger partial charge in [0.1, 0.15) is 12.3 Å². The molecular formula is C21H23N3O4S. The van der Waals surface area contributed by atoms with Crippen molar-refractivity contribution in [3.05, 3.63) is 54.2 Å². The lowest BCUT2D eigenvalue weighted by Gasteiger charge is -2.19. The maximum Gasteiger partial charge on any atom is 0.246 e. The van der Waals surface area contributed by atoms with E-state index in [0.29, 0.717) is 18.7 Å². The second-order valence-electron chi connectivity index (χ2n) is 7.24. The number of ether oxygens (including phenoxy) is 1. The molecule has 1 aromatic heterocycles. The maximum absolute atomic E-state index is 13.1. The molecule has 1 amide bonds. The van der Waals surface area contributed by atoms with E-state index >= 15 is 0 Å². The Hall–Kier alpha value is -2.84. The molecule has 7 nitrogen and oxygen atoms in total. The maximum atomic E-state index is 13.1. The summed E-state index contributed by atoms with van der Waals surface area (Å²) in [5.74, 6) is 0.696. The molecule has 0 unspecified atom stereocenters. The fraction of sp³-hybridized carbons (Fsp3) is 0.286. The van der Waals surface area contributed by atoms with Crippen LogP contribution in [-0.2, 0) is 27.8 Å². The van der Waals surface area contributed by atoms with Crippen molar-refractivity contribution in [1.29, 1.82) is 0 Å². The van der Waals surface area contributed by atoms with Gasteiger partial charge in [0, 0.05) is 43.4 Å². The molecule has 0 spiro atoms. The van der Waals surface area contributed by atoms with Gasteiger partial charge in [-0.2, -0.15) is 0 Å². The highest BCUT2D eigenvalue weighted by Crippen LogP contribution is 2.32. The molecule has 0 saturated carbocycles. The molecule has 8 heteroatoms. The van der Waals surface area contributed by atoms with Crippen molar-refractivity contribution in [1.82, 2.24) is 8.87 Å². The Morgan fingerprint density at radius 2 is 1.93 bits per heavy atom. The Morgan fingerprint density at radius 1 is 1.14 bits per heavy atom. The minimum absolute atomic E-state index is 0.0727. The number of hydrogen-bond acceptors (Lipinski definition) is 4. The minimum atomic E-state index is -3.55. The van der Waals surface area contributed by atoms with Gasteiger partial charge < -0.3 is 14.2 Å². The normalized spacial score (nSPS) is 13.9. The molecule has 0 bridgehead atoms. The van der Waals surface area contributed by atoms with Crippen molar-refractivity contribution in [2.75, 3.05) is 32.6 Å². The van der Waals surface area contributed by atoms with Gasteiger partial charge in [0.25, 0.3) is 0 Å². The molecule has 2 aromatic carbocycles. The summed E-state index contributed by atoms with van der Waals surface area (Å²) in [6, 6.07) is 12.7. The summed E-state index contributed by atoms with van der Waals surface area (Å²) in [5.41, 5.74) is 2.61. The Morgan fingerprint density at radius 3 is 2.66 bits per heavy atom. The van der Waals surface area contributed by atoms with Crippen LogP contribution >= 0.6 is 0 Å². The van der Waals surface area contributed by atoms with E-state index in [4.69, 9.17) is 4.74 Å². The SMILES string of the molecule is COc1ccc2c(ccn2CC(=O)N2CCc3ccc(S(=O)(=O)N(C)C)cc32)c1. The zero-order valence-electron chi connectivity index (χ0n) is 16.6. The number of hydrogen-bond donors (Lipinski definition) is 0. The highest BCUT2D eigenvalue weighted by Gasteiger charge is 2.28. The van der Waals surface area contributed by atoms with Crippen molar-refractivity contribution >= 4 is 32.5 Å². The van der Waals surface area contributed by atoms with E-state index in [9.17, 15) is 13.2 Å². The zero-order chi connectivity index (χ0) is 20.8. The number of carbonyl (C=O) groups excluding carboxylic acids is 1. The van der Waals surface area contributed by atoms with Crippen LogP contribution in [0.4, 0.5) is 5.69 Å². The van der Waals surface area contributed by atoms with E-state index < -0.39 is 10.0 Å². The van der Waals surface area contributed by atoms with Gasteiger partial charge in [-0.3, -0.25) is 4.79 Å². The van der Waals surface area contributed by atoms with Crippen molar-refractivity contribution in [3.63, 3.8) is 0 Å². The van der Waals surface area contributed by atoms with Crippen LogP contribution in [0.2, 0.25) is 0 Å². The number of amides is 1. The number of rotatable bonds is 5. The number of sulfonamides is 1. The van der Waals surface area contributed by atoms with Crippen LogP contribution < -0.4 is 9.64 Å². The number of anilines is 1. The molecule has 0 fully saturated rings. The summed E-state index contributed by atoms with van der Waals surface area (Å²) >= 11 is 0. The molecule has 2 heterocycles. The van der Waals surface area contributed by atoms with Crippen LogP contribution in [0.15, 0.2) is 53.6 Å². The lowest BCUT2D eigenvalue weighted by molar-refractivity contribution is -0.119. The number of carbonyl (C=O) groups is 1. The molecule has 1 aliphatic heterocycles. The lowest BCUT2D eigenvalue weighted by Crippen LogP contribution is -2.32. The van der Waals surface area contributed by atoms with E-state index in [0.717, 1.165) is 22.2 Å². The molecule has 0 aliphatic carbocycles. The second-order valence-corrected chi connectivity index (χ2v) is 9.39. The van der Waals surface area contributed by atoms with Gasteiger partial charge in [0.2, 0.25) is 15.9 Å². The third-order valence-electron chi connectivity index (χ3n) is 5.32. The standard InChI is InChI=1S/C21H23N3O4S/c1-22(2)29(26,27)18-6-4-15-9-11-24(20(15)13-18)21(25)14-23-10-8-16-12-17(28-3)5-7-19(16)23/h4-8,10,12-13H,9,11,14H2,1-3H3. The molecule has 0 saturated heterocycles. The largest absolute Gasteiger partial charge is 0.497 e. The molecular weight excluding hydrogens is 390 g/mol. The first-order valence-electron chi connectivity index (χ1n) is 9.30. The summed E-state index contributed by atoms with van der Waals surface area (Å²) < 4.78 is 33.3. The van der Waals surface area contributed by atoms with Gasteiger partial charge in [-0.05, 0) is 48.4 Å². The van der Waals surface area contributed by atoms with Gasteiger partial charge in [0.15, 0.2) is 0 Å². The van der Waals surface area contributed by atoms with Crippen molar-refractivity contribution < 1.29 is 17.9 Å². The Kier molecular flexibility index (Phi) is 4.84. The molecule has 4 rings (SSSR count). The van der Waals surface area contributed by atoms with E-state index in [-0.39, 0.29) is 17.3 Å². The summed E-state index contributed by atoms with van der Waals surface area (Å²) in [4.78, 5) is 14.9. The number of fused-ring (bicyclic) bond motifs is 2. The van der Waals surface area contributed by atoms with E-state index in [1.54, 1.807) is 30.2 Å². The molecule has 152 valence electrons. The van der Waals surface area contributed by atoms with Crippen molar-refractivity contribution in [2.45, 2.75) is 17.9 Å². The molecule has 29 heavy (non-hydrogen) atoms. The quantitative estimate of drug-likeness (QED) is 0.644. The first-order valence-corrected chi connectivity index (χ1v) is 10.7. The van der Waals surface area contributed by atoms with Crippen LogP contribution in [0.25, 0.3) is 10.9 Å². The minimum Gasteiger partial charge on any atom is -0.497 e. The first kappa shape index (κ1) is 19.5. The summed E-state index contributed by atoms with van der Waals surface area (Å²) in [6.07, 6.45) is 2.60. The highest BCUT2D eigenvalue weighted by molar-refractivity contribution is 7.89. The number of benzene rings is 2. The summed E-state index contributed by atoms with van der Waals surface area (Å²) in [6.45, 7) is 0.729. The van der Waals surface area contributed by atoms with Crippen molar-refractivity contribution in [2.24, 2.45) is 0 Å². The number of nitrogens with zero attached hydrogens (tertiary/aromatic N) is 3. The third-order valence-corrected chi connectivity index (χ3v) is 7.13. The Labute approximate surface area is 170 Å². The number of aromatic nitrogens is 1. The topological polar surface area (TPSA) is 71.8 Å². The van der Waals surface area contributed by atoms with E-state index in [2.05, 4.69) is 0 Å². The van der Waals surface area contributed by atoms with E-state index in [1.165, 1.54) is 18.4 Å². The van der Waals surface area contributed by atoms with Gasteiger partial charge in [-0.15, -0.1) is 0 Å². The Bertz CT molecular complexity index is 1200. The number of methoxy groups -OCH3 is 1. The average molecular weight is 413 g/mol. The van der Waals surface area contributed by atoms with E-state index in [1.807, 2.05) is 35.0 Å². The molecule has 0 atom stereocenters. The lowest BCUT2D eigenvalue weighted by atomic mass is 10.2. The predicted molar refractivity (Wildman–Crippen MR) is 112 cm³/mol. The van der Waals surface area contributed by atoms with Gasteiger partial charge in [-0.25, -0.2) is 12.7 Å². The molecule has 0 radical (unpaired) electrons. The zero-order valence-corrected chi connectivity index (χ0v) is 17.4. The van der Waals surface area contributed by atoms with Crippen LogP contribution in [-0.4, -0.2) is 50.9 Å². The molecule has 0 N–H and O–H groups in total. The fourth-order valence-electron chi connectivity index (χ4n) is 3.66. The van der Waals surface area contributed by atoms with Crippen molar-refractivity contribution in [3.8, 4) is 5.75 Å². The van der Waals surface area contributed by atoms with Crippen LogP contribution in [0.3, 0.4) is 0 Å². The van der Waals surface area contributed by atoms with Gasteiger partial charge >= 0.3 is 0 Å². The summed E-state index contributed by atoms with van der Waals surface area (Å²) in [5, 5.41) is 0.998. The third kappa shape index (κ3) is 3.38. The van der Waals surface area contributed by atoms with Gasteiger partial charge in [0.05, 0.1) is 12.0 Å². The van der Waals surface area contributed by atoms with Crippen LogP contribution in [0.1, 0.15) is 5.56 Å². The predicted octanol–water partition coefficient (Wildman–Crippen LogP) is 2.49. The van der Waals surface area contributed by atoms with Crippen LogP contribution in [0.5, 0.6) is 5.75 Å². The van der Waals surface area contributed by atoms with Gasteiger partial charge in [-0.1, -0.05) is 6.07 Å². The molecule has 1 aliphatic rings. The van der Waals surface area contributed by atoms with Crippen LogP contribution in [0, 0.1) is 0 Å². The average Bonchev–Trinajstić information content (AvgIpc) is 3.31.